The van der Waals surface area contributed by atoms with E-state index in [9.17, 15) is 9.59 Å². The summed E-state index contributed by atoms with van der Waals surface area (Å²) >= 11 is 0. The Labute approximate surface area is 113 Å². The Morgan fingerprint density at radius 1 is 1.26 bits per heavy atom. The first-order chi connectivity index (χ1) is 8.73. The first-order valence-electron chi connectivity index (χ1n) is 5.71. The number of nitrogens with one attached hydrogen (secondary N) is 1. The van der Waals surface area contributed by atoms with E-state index in [2.05, 4.69) is 10.1 Å². The van der Waals surface area contributed by atoms with Crippen molar-refractivity contribution in [1.82, 2.24) is 0 Å². The maximum atomic E-state index is 11.6. The lowest BCUT2D eigenvalue weighted by molar-refractivity contribution is 0.0597. The van der Waals surface area contributed by atoms with Crippen molar-refractivity contribution < 1.29 is 19.1 Å². The van der Waals surface area contributed by atoms with Crippen molar-refractivity contribution in [2.45, 2.75) is 26.4 Å². The van der Waals surface area contributed by atoms with Crippen LogP contribution in [0, 0.1) is 0 Å². The fourth-order valence-corrected chi connectivity index (χ4v) is 1.34. The highest BCUT2D eigenvalue weighted by Crippen LogP contribution is 2.13. The van der Waals surface area contributed by atoms with Crippen molar-refractivity contribution in [3.8, 4) is 0 Å². The van der Waals surface area contributed by atoms with E-state index in [0.29, 0.717) is 5.69 Å². The maximum Gasteiger partial charge on any atom is 0.412 e. The third kappa shape index (κ3) is 4.65. The predicted molar refractivity (Wildman–Crippen MR) is 73.0 cm³/mol. The number of carbonyl (C=O) groups is 2. The molecular weight excluding hydrogens is 245 g/mol. The molecule has 0 aliphatic heterocycles. The minimum absolute atomic E-state index is 0.191. The fraction of sp³-hybridized carbons (Fsp3) is 0.385. The van der Waals surface area contributed by atoms with Gasteiger partial charge in [0.15, 0.2) is 0 Å². The second kappa shape index (κ2) is 5.78. The van der Waals surface area contributed by atoms with Crippen LogP contribution in [0.25, 0.3) is 0 Å². The molecule has 1 aromatic rings. The number of hydrogen-bond acceptors (Lipinski definition) is 4. The Balaban J connectivity index is 2.86. The average molecular weight is 261 g/mol. The molecule has 1 N–H and O–H groups in total. The Kier molecular flexibility index (Phi) is 4.59. The van der Waals surface area contributed by atoms with Crippen LogP contribution in [0.4, 0.5) is 10.5 Å². The number of esters is 1. The van der Waals surface area contributed by atoms with Crippen LogP contribution < -0.4 is 10.8 Å². The van der Waals surface area contributed by atoms with Crippen molar-refractivity contribution >= 4 is 31.1 Å². The molecule has 19 heavy (non-hydrogen) atoms. The Hall–Kier alpha value is -1.98. The number of carbonyl (C=O) groups excluding carboxylic acids is 2. The molecule has 0 unspecified atom stereocenters. The summed E-state index contributed by atoms with van der Waals surface area (Å²) in [7, 11) is 6.91. The first-order valence-corrected chi connectivity index (χ1v) is 5.71. The number of amides is 1. The quantitative estimate of drug-likeness (QED) is 0.648. The van der Waals surface area contributed by atoms with E-state index in [-0.39, 0.29) is 11.0 Å². The standard InChI is InChI=1S/C13H16BNO4/c1-13(2,3)19-12(17)15-8-5-6-10(14)9(7-8)11(16)18-4/h5-7H,1-4H3,(H,15,17). The Morgan fingerprint density at radius 2 is 1.89 bits per heavy atom. The van der Waals surface area contributed by atoms with Crippen LogP contribution in [0.15, 0.2) is 18.2 Å². The van der Waals surface area contributed by atoms with Crippen LogP contribution >= 0.6 is 0 Å². The average Bonchev–Trinajstić information content (AvgIpc) is 2.28. The summed E-state index contributed by atoms with van der Waals surface area (Å²) < 4.78 is 9.70. The molecule has 2 radical (unpaired) electrons. The van der Waals surface area contributed by atoms with Crippen LogP contribution in [0.2, 0.25) is 0 Å². The molecule has 0 bridgehead atoms. The van der Waals surface area contributed by atoms with Gasteiger partial charge in [0.25, 0.3) is 0 Å². The van der Waals surface area contributed by atoms with E-state index in [1.165, 1.54) is 19.2 Å². The van der Waals surface area contributed by atoms with Gasteiger partial charge in [0, 0.05) is 5.69 Å². The van der Waals surface area contributed by atoms with E-state index >= 15 is 0 Å². The number of ether oxygens (including phenoxy) is 2. The third-order valence-corrected chi connectivity index (χ3v) is 2.10. The number of methoxy groups -OCH3 is 1. The maximum absolute atomic E-state index is 11.6. The SMILES string of the molecule is [B]c1ccc(NC(=O)OC(C)(C)C)cc1C(=O)OC. The van der Waals surface area contributed by atoms with Crippen LogP contribution in [0.5, 0.6) is 0 Å². The van der Waals surface area contributed by atoms with Crippen LogP contribution in [-0.4, -0.2) is 32.6 Å². The summed E-state index contributed by atoms with van der Waals surface area (Å²) in [6.45, 7) is 5.28. The van der Waals surface area contributed by atoms with Gasteiger partial charge in [0.1, 0.15) is 13.4 Å². The van der Waals surface area contributed by atoms with Crippen molar-refractivity contribution in [2.24, 2.45) is 0 Å². The second-order valence-corrected chi connectivity index (χ2v) is 4.92. The van der Waals surface area contributed by atoms with Crippen molar-refractivity contribution in [3.05, 3.63) is 23.8 Å². The Bertz CT molecular complexity index is 494. The highest BCUT2D eigenvalue weighted by Gasteiger charge is 2.17. The van der Waals surface area contributed by atoms with E-state index in [1.54, 1.807) is 26.8 Å². The zero-order valence-electron chi connectivity index (χ0n) is 11.4. The van der Waals surface area contributed by atoms with Crippen molar-refractivity contribution in [1.29, 1.82) is 0 Å². The van der Waals surface area contributed by atoms with Crippen LogP contribution in [0.3, 0.4) is 0 Å². The summed E-state index contributed by atoms with van der Waals surface area (Å²) in [6.07, 6.45) is -0.604. The van der Waals surface area contributed by atoms with Crippen molar-refractivity contribution in [2.75, 3.05) is 12.4 Å². The number of benzene rings is 1. The first kappa shape index (κ1) is 15.1. The lowest BCUT2D eigenvalue weighted by Gasteiger charge is -2.19. The van der Waals surface area contributed by atoms with Crippen molar-refractivity contribution in [3.63, 3.8) is 0 Å². The molecule has 0 atom stereocenters. The van der Waals surface area contributed by atoms with Gasteiger partial charge < -0.3 is 9.47 Å². The molecule has 1 aromatic carbocycles. The largest absolute Gasteiger partial charge is 0.465 e. The van der Waals surface area contributed by atoms with Gasteiger partial charge in [0.2, 0.25) is 0 Å². The third-order valence-electron chi connectivity index (χ3n) is 2.10. The molecule has 100 valence electrons. The summed E-state index contributed by atoms with van der Waals surface area (Å²) in [5, 5.41) is 2.52. The molecule has 0 aromatic heterocycles. The molecule has 5 nitrogen and oxygen atoms in total. The molecule has 0 aliphatic carbocycles. The summed E-state index contributed by atoms with van der Waals surface area (Å²) in [5.74, 6) is -0.565. The van der Waals surface area contributed by atoms with Gasteiger partial charge >= 0.3 is 12.1 Å². The number of hydrogen-bond donors (Lipinski definition) is 1. The molecule has 0 saturated carbocycles. The fourth-order valence-electron chi connectivity index (χ4n) is 1.34. The lowest BCUT2D eigenvalue weighted by Crippen LogP contribution is -2.27. The van der Waals surface area contributed by atoms with Gasteiger partial charge in [-0.2, -0.15) is 0 Å². The lowest BCUT2D eigenvalue weighted by atomic mass is 9.90. The van der Waals surface area contributed by atoms with Gasteiger partial charge in [-0.3, -0.25) is 5.32 Å². The number of rotatable bonds is 2. The topological polar surface area (TPSA) is 64.6 Å². The smallest absolute Gasteiger partial charge is 0.412 e. The van der Waals surface area contributed by atoms with Gasteiger partial charge in [0.05, 0.1) is 12.7 Å². The number of anilines is 1. The highest BCUT2D eigenvalue weighted by molar-refractivity contribution is 6.36. The molecule has 0 aliphatic rings. The normalized spacial score (nSPS) is 10.7. The van der Waals surface area contributed by atoms with Gasteiger partial charge in [-0.25, -0.2) is 9.59 Å². The molecular formula is C13H16BNO4. The molecule has 0 heterocycles. The summed E-state index contributed by atoms with van der Waals surface area (Å²) in [4.78, 5) is 23.0. The zero-order chi connectivity index (χ0) is 14.6. The molecule has 0 fully saturated rings. The molecule has 1 amide bonds. The van der Waals surface area contributed by atoms with E-state index in [4.69, 9.17) is 12.6 Å². The molecule has 0 saturated heterocycles. The van der Waals surface area contributed by atoms with Gasteiger partial charge in [-0.15, -0.1) is 0 Å². The highest BCUT2D eigenvalue weighted by atomic mass is 16.6. The molecule has 0 spiro atoms. The second-order valence-electron chi connectivity index (χ2n) is 4.92. The predicted octanol–water partition coefficient (Wildman–Crippen LogP) is 1.61. The van der Waals surface area contributed by atoms with E-state index in [0.717, 1.165) is 0 Å². The Morgan fingerprint density at radius 3 is 2.42 bits per heavy atom. The van der Waals surface area contributed by atoms with E-state index < -0.39 is 17.7 Å². The summed E-state index contributed by atoms with van der Waals surface area (Å²) in [6, 6.07) is 4.52. The van der Waals surface area contributed by atoms with E-state index in [1.807, 2.05) is 0 Å². The minimum atomic E-state index is -0.604. The minimum Gasteiger partial charge on any atom is -0.465 e. The summed E-state index contributed by atoms with van der Waals surface area (Å²) in [5.41, 5.74) is 0.282. The van der Waals surface area contributed by atoms with Crippen LogP contribution in [0.1, 0.15) is 31.1 Å². The molecule has 1 rings (SSSR count). The monoisotopic (exact) mass is 261 g/mol. The van der Waals surface area contributed by atoms with Gasteiger partial charge in [-0.1, -0.05) is 11.5 Å². The molecule has 6 heteroatoms. The van der Waals surface area contributed by atoms with Crippen LogP contribution in [-0.2, 0) is 9.47 Å². The zero-order valence-corrected chi connectivity index (χ0v) is 11.4. The van der Waals surface area contributed by atoms with Gasteiger partial charge in [-0.05, 0) is 32.9 Å².